The minimum Gasteiger partial charge on any atom is -0.339 e. The molecule has 0 unspecified atom stereocenters. The van der Waals surface area contributed by atoms with Crippen LogP contribution in [-0.2, 0) is 11.3 Å². The first kappa shape index (κ1) is 20.8. The average molecular weight is 412 g/mol. The van der Waals surface area contributed by atoms with E-state index < -0.39 is 5.91 Å². The van der Waals surface area contributed by atoms with E-state index in [1.165, 1.54) is 12.1 Å². The van der Waals surface area contributed by atoms with Gasteiger partial charge in [0.15, 0.2) is 0 Å². The van der Waals surface area contributed by atoms with Crippen molar-refractivity contribution in [2.45, 2.75) is 26.4 Å². The van der Waals surface area contributed by atoms with E-state index in [0.29, 0.717) is 21.6 Å². The second-order valence-corrected chi connectivity index (χ2v) is 8.02. The predicted molar refractivity (Wildman–Crippen MR) is 112 cm³/mol. The molecule has 1 aliphatic heterocycles. The molecule has 0 aromatic heterocycles. The van der Waals surface area contributed by atoms with Gasteiger partial charge in [-0.25, -0.2) is 4.39 Å². The Morgan fingerprint density at radius 2 is 1.86 bits per heavy atom. The molecule has 7 heteroatoms. The fourth-order valence-electron chi connectivity index (χ4n) is 2.76. The first-order valence-electron chi connectivity index (χ1n) is 9.13. The van der Waals surface area contributed by atoms with Gasteiger partial charge in [0.25, 0.3) is 17.1 Å². The van der Waals surface area contributed by atoms with E-state index in [0.717, 1.165) is 16.7 Å². The van der Waals surface area contributed by atoms with Crippen LogP contribution in [0.15, 0.2) is 53.4 Å². The second kappa shape index (κ2) is 8.61. The number of rotatable bonds is 5. The summed E-state index contributed by atoms with van der Waals surface area (Å²) < 4.78 is 13.1. The Bertz CT molecular complexity index is 986. The highest BCUT2D eigenvalue weighted by Crippen LogP contribution is 2.33. The smallest absolute Gasteiger partial charge is 0.293 e. The summed E-state index contributed by atoms with van der Waals surface area (Å²) in [6, 6.07) is 12.7. The van der Waals surface area contributed by atoms with Crippen LogP contribution in [0.3, 0.4) is 0 Å². The summed E-state index contributed by atoms with van der Waals surface area (Å²) in [5.74, 6) is -0.889. The number of amides is 3. The van der Waals surface area contributed by atoms with Gasteiger partial charge in [0.05, 0.1) is 11.4 Å². The predicted octanol–water partition coefficient (Wildman–Crippen LogP) is 4.54. The van der Waals surface area contributed by atoms with Gasteiger partial charge in [-0.1, -0.05) is 24.3 Å². The lowest BCUT2D eigenvalue weighted by Crippen LogP contribution is -2.32. The molecule has 0 atom stereocenters. The fraction of sp³-hybridized carbons (Fsp3) is 0.227. The number of halogens is 1. The summed E-state index contributed by atoms with van der Waals surface area (Å²) in [6.45, 7) is 3.94. The van der Waals surface area contributed by atoms with Crippen LogP contribution < -0.4 is 0 Å². The maximum absolute atomic E-state index is 13.1. The lowest BCUT2D eigenvalue weighted by molar-refractivity contribution is -0.123. The summed E-state index contributed by atoms with van der Waals surface area (Å²) >= 11 is 0.854. The molecule has 0 N–H and O–H groups in total. The number of imide groups is 1. The first-order chi connectivity index (χ1) is 13.8. The summed E-state index contributed by atoms with van der Waals surface area (Å²) in [6.07, 6.45) is 1.61. The van der Waals surface area contributed by atoms with Gasteiger partial charge in [0.2, 0.25) is 0 Å². The zero-order chi connectivity index (χ0) is 21.1. The second-order valence-electron chi connectivity index (χ2n) is 7.03. The number of nitrogens with zero attached hydrogens (tertiary/aromatic N) is 2. The molecule has 3 rings (SSSR count). The van der Waals surface area contributed by atoms with Crippen molar-refractivity contribution >= 4 is 34.9 Å². The largest absolute Gasteiger partial charge is 0.339 e. The van der Waals surface area contributed by atoms with E-state index in [9.17, 15) is 18.8 Å². The molecule has 2 aromatic carbocycles. The van der Waals surface area contributed by atoms with Gasteiger partial charge >= 0.3 is 0 Å². The van der Waals surface area contributed by atoms with Crippen LogP contribution in [0.4, 0.5) is 9.18 Å². The van der Waals surface area contributed by atoms with Crippen LogP contribution in [0.25, 0.3) is 6.08 Å². The highest BCUT2D eigenvalue weighted by Gasteiger charge is 2.35. The molecule has 1 heterocycles. The molecule has 0 spiro atoms. The molecule has 2 aromatic rings. The number of thioether (sulfide) groups is 1. The van der Waals surface area contributed by atoms with Crippen molar-refractivity contribution in [2.75, 3.05) is 7.05 Å². The van der Waals surface area contributed by atoms with Crippen LogP contribution >= 0.6 is 11.8 Å². The number of carbonyl (C=O) groups is 3. The molecule has 150 valence electrons. The average Bonchev–Trinajstić information content (AvgIpc) is 2.96. The summed E-state index contributed by atoms with van der Waals surface area (Å²) in [4.78, 5) is 40.5. The minimum absolute atomic E-state index is 0.0640. The van der Waals surface area contributed by atoms with Crippen molar-refractivity contribution in [3.63, 3.8) is 0 Å². The first-order valence-corrected chi connectivity index (χ1v) is 9.95. The van der Waals surface area contributed by atoms with Crippen molar-refractivity contribution in [2.24, 2.45) is 0 Å². The van der Waals surface area contributed by atoms with E-state index in [2.05, 4.69) is 0 Å². The van der Waals surface area contributed by atoms with Gasteiger partial charge in [-0.15, -0.1) is 0 Å². The quantitative estimate of drug-likeness (QED) is 0.677. The van der Waals surface area contributed by atoms with E-state index >= 15 is 0 Å². The molecule has 3 amide bonds. The van der Waals surface area contributed by atoms with Crippen LogP contribution in [0.5, 0.6) is 0 Å². The van der Waals surface area contributed by atoms with Crippen molar-refractivity contribution in [1.29, 1.82) is 0 Å². The highest BCUT2D eigenvalue weighted by atomic mass is 32.2. The zero-order valence-electron chi connectivity index (χ0n) is 16.4. The van der Waals surface area contributed by atoms with Crippen molar-refractivity contribution in [3.05, 3.63) is 75.9 Å². The van der Waals surface area contributed by atoms with E-state index in [4.69, 9.17) is 0 Å². The SMILES string of the molecule is CC(C)N(C)C(=O)c1cccc(/C=C2\SC(=O)N(Cc3ccc(F)cc3)C2=O)c1. The summed E-state index contributed by atoms with van der Waals surface area (Å²) in [5.41, 5.74) is 1.85. The Morgan fingerprint density at radius 3 is 2.52 bits per heavy atom. The number of carbonyl (C=O) groups excluding carboxylic acids is 3. The highest BCUT2D eigenvalue weighted by molar-refractivity contribution is 8.18. The lowest BCUT2D eigenvalue weighted by atomic mass is 10.1. The Kier molecular flexibility index (Phi) is 6.17. The fourth-order valence-corrected chi connectivity index (χ4v) is 3.60. The van der Waals surface area contributed by atoms with Gasteiger partial charge in [-0.2, -0.15) is 0 Å². The van der Waals surface area contributed by atoms with E-state index in [1.807, 2.05) is 13.8 Å². The summed E-state index contributed by atoms with van der Waals surface area (Å²) in [5, 5.41) is -0.377. The normalized spacial score (nSPS) is 15.5. The van der Waals surface area contributed by atoms with Crippen molar-refractivity contribution in [3.8, 4) is 0 Å². The Labute approximate surface area is 173 Å². The van der Waals surface area contributed by atoms with Crippen LogP contribution in [0, 0.1) is 5.82 Å². The molecule has 1 fully saturated rings. The number of hydrogen-bond donors (Lipinski definition) is 0. The van der Waals surface area contributed by atoms with E-state index in [1.54, 1.807) is 54.4 Å². The Hall–Kier alpha value is -2.93. The van der Waals surface area contributed by atoms with Gasteiger partial charge < -0.3 is 4.90 Å². The van der Waals surface area contributed by atoms with Crippen LogP contribution in [0.2, 0.25) is 0 Å². The summed E-state index contributed by atoms with van der Waals surface area (Å²) in [7, 11) is 1.74. The van der Waals surface area contributed by atoms with Crippen molar-refractivity contribution in [1.82, 2.24) is 9.80 Å². The van der Waals surface area contributed by atoms with Crippen LogP contribution in [0.1, 0.15) is 35.3 Å². The van der Waals surface area contributed by atoms with Gasteiger partial charge in [-0.3, -0.25) is 19.3 Å². The zero-order valence-corrected chi connectivity index (χ0v) is 17.2. The molecular formula is C22H21FN2O3S. The Balaban J connectivity index is 1.79. The molecular weight excluding hydrogens is 391 g/mol. The third kappa shape index (κ3) is 4.74. The van der Waals surface area contributed by atoms with Crippen molar-refractivity contribution < 1.29 is 18.8 Å². The minimum atomic E-state index is -0.402. The van der Waals surface area contributed by atoms with Gasteiger partial charge in [0, 0.05) is 18.7 Å². The molecule has 0 bridgehead atoms. The molecule has 1 saturated heterocycles. The Morgan fingerprint density at radius 1 is 1.17 bits per heavy atom. The maximum atomic E-state index is 13.1. The molecule has 1 aliphatic rings. The monoisotopic (exact) mass is 412 g/mol. The third-order valence-electron chi connectivity index (χ3n) is 4.65. The molecule has 29 heavy (non-hydrogen) atoms. The maximum Gasteiger partial charge on any atom is 0.293 e. The topological polar surface area (TPSA) is 57.7 Å². The molecule has 0 aliphatic carbocycles. The molecule has 5 nitrogen and oxygen atoms in total. The molecule has 0 radical (unpaired) electrons. The van der Waals surface area contributed by atoms with E-state index in [-0.39, 0.29) is 29.6 Å². The lowest BCUT2D eigenvalue weighted by Gasteiger charge is -2.21. The number of benzene rings is 2. The van der Waals surface area contributed by atoms with Crippen LogP contribution in [-0.4, -0.2) is 39.9 Å². The number of hydrogen-bond acceptors (Lipinski definition) is 4. The third-order valence-corrected chi connectivity index (χ3v) is 5.56. The van der Waals surface area contributed by atoms with Gasteiger partial charge in [-0.05, 0) is 67.1 Å². The van der Waals surface area contributed by atoms with Gasteiger partial charge in [0.1, 0.15) is 5.82 Å². The molecule has 0 saturated carbocycles. The standard InChI is InChI=1S/C22H21FN2O3S/c1-14(2)24(3)20(26)17-6-4-5-16(11-17)12-19-21(27)25(22(28)29-19)13-15-7-9-18(23)10-8-15/h4-12,14H,13H2,1-3H3/b19-12-.